The van der Waals surface area contributed by atoms with Crippen LogP contribution < -0.4 is 5.32 Å². The lowest BCUT2D eigenvalue weighted by atomic mass is 10.0. The molecule has 0 aliphatic carbocycles. The number of nitrogens with zero attached hydrogens (tertiary/aromatic N) is 1. The molecule has 0 saturated heterocycles. The number of aromatic nitrogens is 1. The van der Waals surface area contributed by atoms with E-state index in [0.29, 0.717) is 17.9 Å². The molecule has 20 heavy (non-hydrogen) atoms. The second-order valence-electron chi connectivity index (χ2n) is 4.17. The topological polar surface area (TPSA) is 24.9 Å². The normalized spacial score (nSPS) is 11.0. The first-order valence-electron chi connectivity index (χ1n) is 6.15. The second-order valence-corrected chi connectivity index (χ2v) is 4.17. The third kappa shape index (κ3) is 3.50. The van der Waals surface area contributed by atoms with Crippen LogP contribution in [-0.4, -0.2) is 17.7 Å². The first kappa shape index (κ1) is 16.0. The molecule has 0 spiro atoms. The molecular weight excluding hydrogens is 265 g/mol. The largest absolute Gasteiger partial charge is 0.417 e. The van der Waals surface area contributed by atoms with Crippen molar-refractivity contribution in [1.29, 1.82) is 0 Å². The number of anilines is 1. The van der Waals surface area contributed by atoms with E-state index in [4.69, 9.17) is 0 Å². The van der Waals surface area contributed by atoms with Crippen molar-refractivity contribution >= 4 is 23.5 Å². The van der Waals surface area contributed by atoms with Crippen LogP contribution in [0.3, 0.4) is 0 Å². The fourth-order valence-electron chi connectivity index (χ4n) is 1.67. The minimum absolute atomic E-state index is 0.219. The Hall–Kier alpha value is -2.04. The highest BCUT2D eigenvalue weighted by atomic mass is 19.4. The van der Waals surface area contributed by atoms with Gasteiger partial charge in [0.25, 0.3) is 0 Å². The van der Waals surface area contributed by atoms with E-state index in [9.17, 15) is 13.2 Å². The molecule has 0 amide bonds. The molecule has 0 aliphatic rings. The van der Waals surface area contributed by atoms with Crippen molar-refractivity contribution < 1.29 is 13.2 Å². The number of hydrogen-bond donors (Lipinski definition) is 1. The van der Waals surface area contributed by atoms with Crippen molar-refractivity contribution in [3.05, 3.63) is 42.6 Å². The highest BCUT2D eigenvalue weighted by Crippen LogP contribution is 2.35. The average Bonchev–Trinajstić information content (AvgIpc) is 2.41. The minimum atomic E-state index is -4.54. The van der Waals surface area contributed by atoms with Gasteiger partial charge in [0.15, 0.2) is 0 Å². The van der Waals surface area contributed by atoms with Crippen LogP contribution in [0.25, 0.3) is 17.7 Å². The predicted molar refractivity (Wildman–Crippen MR) is 78.3 cm³/mol. The van der Waals surface area contributed by atoms with Crippen LogP contribution in [0, 0.1) is 0 Å². The standard InChI is InChI=1S/C15H17F3N2/c1-5-8-19-13-9-11(6-2)12(7-3)14(20-13)10(4)15(16,17)18/h6-7,9H,2-5,8H2,1H3,(H,19,20). The molecule has 1 aromatic heterocycles. The summed E-state index contributed by atoms with van der Waals surface area (Å²) in [5.41, 5.74) is -0.391. The summed E-state index contributed by atoms with van der Waals surface area (Å²) < 4.78 is 38.6. The summed E-state index contributed by atoms with van der Waals surface area (Å²) in [6.07, 6.45) is -0.890. The quantitative estimate of drug-likeness (QED) is 0.813. The fraction of sp³-hybridized carbons (Fsp3) is 0.267. The Morgan fingerprint density at radius 3 is 2.45 bits per heavy atom. The summed E-state index contributed by atoms with van der Waals surface area (Å²) in [4.78, 5) is 4.01. The van der Waals surface area contributed by atoms with Gasteiger partial charge in [-0.25, -0.2) is 4.98 Å². The molecule has 0 bridgehead atoms. The van der Waals surface area contributed by atoms with Gasteiger partial charge in [-0.1, -0.05) is 38.8 Å². The number of nitrogens with one attached hydrogen (secondary N) is 1. The third-order valence-electron chi connectivity index (χ3n) is 2.70. The summed E-state index contributed by atoms with van der Waals surface area (Å²) >= 11 is 0. The van der Waals surface area contributed by atoms with Gasteiger partial charge in [0.1, 0.15) is 5.82 Å². The first-order chi connectivity index (χ1) is 9.35. The van der Waals surface area contributed by atoms with Gasteiger partial charge in [-0.05, 0) is 18.1 Å². The summed E-state index contributed by atoms with van der Waals surface area (Å²) in [6, 6.07) is 1.65. The molecule has 0 aromatic carbocycles. The molecular formula is C15H17F3N2. The third-order valence-corrected chi connectivity index (χ3v) is 2.70. The van der Waals surface area contributed by atoms with Crippen LogP contribution in [0.1, 0.15) is 30.2 Å². The lowest BCUT2D eigenvalue weighted by Crippen LogP contribution is -2.14. The van der Waals surface area contributed by atoms with E-state index in [-0.39, 0.29) is 11.3 Å². The molecule has 0 fully saturated rings. The minimum Gasteiger partial charge on any atom is -0.370 e. The number of pyridine rings is 1. The predicted octanol–water partition coefficient (Wildman–Crippen LogP) is 4.77. The van der Waals surface area contributed by atoms with Gasteiger partial charge in [-0.15, -0.1) is 0 Å². The summed E-state index contributed by atoms with van der Waals surface area (Å²) in [6.45, 7) is 12.8. The van der Waals surface area contributed by atoms with Crippen molar-refractivity contribution in [1.82, 2.24) is 4.98 Å². The molecule has 1 aromatic rings. The average molecular weight is 282 g/mol. The lowest BCUT2D eigenvalue weighted by molar-refractivity contribution is -0.0689. The first-order valence-corrected chi connectivity index (χ1v) is 6.15. The molecule has 0 aliphatic heterocycles. The van der Waals surface area contributed by atoms with Crippen molar-refractivity contribution in [3.63, 3.8) is 0 Å². The number of alkyl halides is 3. The monoisotopic (exact) mass is 282 g/mol. The van der Waals surface area contributed by atoms with Gasteiger partial charge < -0.3 is 5.32 Å². The number of halogens is 3. The number of rotatable bonds is 6. The van der Waals surface area contributed by atoms with Crippen molar-refractivity contribution in [2.24, 2.45) is 0 Å². The van der Waals surface area contributed by atoms with E-state index in [2.05, 4.69) is 30.0 Å². The van der Waals surface area contributed by atoms with Crippen LogP contribution in [0.5, 0.6) is 0 Å². The van der Waals surface area contributed by atoms with Gasteiger partial charge in [0.05, 0.1) is 11.3 Å². The van der Waals surface area contributed by atoms with Crippen LogP contribution in [-0.2, 0) is 0 Å². The second kappa shape index (κ2) is 6.41. The Balaban J connectivity index is 3.42. The SMILES string of the molecule is C=Cc1cc(NCCC)nc(C(=C)C(F)(F)F)c1C=C. The number of allylic oxidation sites excluding steroid dienone is 1. The smallest absolute Gasteiger partial charge is 0.370 e. The van der Waals surface area contributed by atoms with Crippen molar-refractivity contribution in [2.45, 2.75) is 19.5 Å². The lowest BCUT2D eigenvalue weighted by Gasteiger charge is -2.16. The van der Waals surface area contributed by atoms with Gasteiger partial charge in [0, 0.05) is 12.1 Å². The maximum absolute atomic E-state index is 12.9. The van der Waals surface area contributed by atoms with Crippen LogP contribution >= 0.6 is 0 Å². The fourth-order valence-corrected chi connectivity index (χ4v) is 1.67. The van der Waals surface area contributed by atoms with Gasteiger partial charge in [-0.2, -0.15) is 13.2 Å². The van der Waals surface area contributed by atoms with E-state index in [0.717, 1.165) is 6.42 Å². The van der Waals surface area contributed by atoms with Crippen molar-refractivity contribution in [2.75, 3.05) is 11.9 Å². The van der Waals surface area contributed by atoms with Crippen LogP contribution in [0.4, 0.5) is 19.0 Å². The molecule has 2 nitrogen and oxygen atoms in total. The Morgan fingerprint density at radius 1 is 1.35 bits per heavy atom. The maximum Gasteiger partial charge on any atom is 0.417 e. The van der Waals surface area contributed by atoms with Crippen LogP contribution in [0.2, 0.25) is 0 Å². The molecule has 1 heterocycles. The Morgan fingerprint density at radius 2 is 2.00 bits per heavy atom. The molecule has 0 saturated carbocycles. The summed E-state index contributed by atoms with van der Waals surface area (Å²) in [7, 11) is 0. The zero-order valence-electron chi connectivity index (χ0n) is 11.3. The maximum atomic E-state index is 12.9. The van der Waals surface area contributed by atoms with Crippen LogP contribution in [0.15, 0.2) is 25.8 Å². The molecule has 1 rings (SSSR count). The van der Waals surface area contributed by atoms with Crippen molar-refractivity contribution in [3.8, 4) is 0 Å². The highest BCUT2D eigenvalue weighted by Gasteiger charge is 2.35. The molecule has 5 heteroatoms. The number of hydrogen-bond acceptors (Lipinski definition) is 2. The zero-order chi connectivity index (χ0) is 15.3. The zero-order valence-corrected chi connectivity index (χ0v) is 11.3. The molecule has 0 radical (unpaired) electrons. The van der Waals surface area contributed by atoms with Gasteiger partial charge >= 0.3 is 6.18 Å². The van der Waals surface area contributed by atoms with E-state index < -0.39 is 11.7 Å². The molecule has 0 unspecified atom stereocenters. The van der Waals surface area contributed by atoms with E-state index in [1.165, 1.54) is 12.2 Å². The van der Waals surface area contributed by atoms with E-state index in [1.54, 1.807) is 6.07 Å². The van der Waals surface area contributed by atoms with Gasteiger partial charge in [-0.3, -0.25) is 0 Å². The summed E-state index contributed by atoms with van der Waals surface area (Å²) in [5, 5.41) is 2.97. The molecule has 108 valence electrons. The molecule has 0 atom stereocenters. The highest BCUT2D eigenvalue weighted by molar-refractivity contribution is 5.79. The van der Waals surface area contributed by atoms with E-state index in [1.807, 2.05) is 6.92 Å². The summed E-state index contributed by atoms with van der Waals surface area (Å²) in [5.74, 6) is 0.368. The van der Waals surface area contributed by atoms with E-state index >= 15 is 0 Å². The Labute approximate surface area is 116 Å². The Bertz CT molecular complexity index is 531. The van der Waals surface area contributed by atoms with Gasteiger partial charge in [0.2, 0.25) is 0 Å². The Kier molecular flexibility index (Phi) is 5.13. The molecule has 1 N–H and O–H groups in total.